The van der Waals surface area contributed by atoms with Crippen molar-refractivity contribution in [1.82, 2.24) is 24.8 Å². The average molecular weight is 362 g/mol. The zero-order valence-electron chi connectivity index (χ0n) is 13.0. The maximum Gasteiger partial charge on any atom is 0.298 e. The minimum atomic E-state index is -0.354. The van der Waals surface area contributed by atoms with E-state index in [1.165, 1.54) is 15.4 Å². The Kier molecular flexibility index (Phi) is 3.20. The molecule has 1 saturated carbocycles. The van der Waals surface area contributed by atoms with Crippen molar-refractivity contribution in [2.45, 2.75) is 12.6 Å². The Balaban J connectivity index is 1.56. The van der Waals surface area contributed by atoms with Crippen LogP contribution in [0.4, 0.5) is 4.39 Å². The summed E-state index contributed by atoms with van der Waals surface area (Å²) in [6.45, 7) is 1.40. The second-order valence-electron chi connectivity index (χ2n) is 6.43. The standard InChI is InChI=1S/C16H13ClFN5O2/c17-15-12-13(20-22(15)5-8-3-1-2-4-11(8)18)16(24)23(21-19-12)14-9-6-25-7-10(9)14/h1-4,9-10,14H,5-7H2/t9-,10+,14?. The van der Waals surface area contributed by atoms with Gasteiger partial charge in [0.2, 0.25) is 0 Å². The molecule has 2 fully saturated rings. The number of hydrogen-bond donors (Lipinski definition) is 0. The van der Waals surface area contributed by atoms with E-state index in [0.717, 1.165) is 0 Å². The summed E-state index contributed by atoms with van der Waals surface area (Å²) in [6.07, 6.45) is 0. The van der Waals surface area contributed by atoms with Gasteiger partial charge in [-0.3, -0.25) is 4.79 Å². The first kappa shape index (κ1) is 15.0. The molecule has 0 amide bonds. The predicted octanol–water partition coefficient (Wildman–Crippen LogP) is 1.65. The number of ether oxygens (including phenoxy) is 1. The maximum absolute atomic E-state index is 13.9. The summed E-state index contributed by atoms with van der Waals surface area (Å²) in [4.78, 5) is 12.7. The highest BCUT2D eigenvalue weighted by molar-refractivity contribution is 6.33. The van der Waals surface area contributed by atoms with Gasteiger partial charge in [0, 0.05) is 17.4 Å². The number of nitrogens with zero attached hydrogens (tertiary/aromatic N) is 5. The van der Waals surface area contributed by atoms with Crippen molar-refractivity contribution in [3.63, 3.8) is 0 Å². The molecule has 0 spiro atoms. The monoisotopic (exact) mass is 361 g/mol. The van der Waals surface area contributed by atoms with E-state index in [1.54, 1.807) is 18.2 Å². The molecule has 128 valence electrons. The van der Waals surface area contributed by atoms with Crippen molar-refractivity contribution >= 4 is 22.6 Å². The molecule has 3 aromatic rings. The summed E-state index contributed by atoms with van der Waals surface area (Å²) in [7, 11) is 0. The summed E-state index contributed by atoms with van der Waals surface area (Å²) in [5.41, 5.74) is 0.501. The van der Waals surface area contributed by atoms with Crippen molar-refractivity contribution in [1.29, 1.82) is 0 Å². The fourth-order valence-corrected chi connectivity index (χ4v) is 3.79. The molecular formula is C16H13ClFN5O2. The summed E-state index contributed by atoms with van der Waals surface area (Å²) < 4.78 is 22.0. The Hall–Kier alpha value is -2.32. The van der Waals surface area contributed by atoms with Crippen LogP contribution in [0, 0.1) is 17.7 Å². The summed E-state index contributed by atoms with van der Waals surface area (Å²) in [5, 5.41) is 12.6. The predicted molar refractivity (Wildman–Crippen MR) is 86.9 cm³/mol. The molecule has 3 atom stereocenters. The molecule has 2 aromatic heterocycles. The molecule has 0 N–H and O–H groups in total. The van der Waals surface area contributed by atoms with Crippen LogP contribution in [0.3, 0.4) is 0 Å². The molecule has 1 aliphatic carbocycles. The van der Waals surface area contributed by atoms with Crippen molar-refractivity contribution in [2.75, 3.05) is 13.2 Å². The van der Waals surface area contributed by atoms with Gasteiger partial charge in [0.1, 0.15) is 5.82 Å². The van der Waals surface area contributed by atoms with E-state index in [1.807, 2.05) is 0 Å². The molecule has 2 aliphatic rings. The van der Waals surface area contributed by atoms with Gasteiger partial charge in [-0.1, -0.05) is 35.0 Å². The number of halogens is 2. The third kappa shape index (κ3) is 2.21. The van der Waals surface area contributed by atoms with Crippen LogP contribution in [0.25, 0.3) is 11.0 Å². The minimum absolute atomic E-state index is 0.0219. The van der Waals surface area contributed by atoms with Gasteiger partial charge in [-0.25, -0.2) is 13.8 Å². The molecule has 0 radical (unpaired) electrons. The normalized spacial score (nSPS) is 24.6. The van der Waals surface area contributed by atoms with Crippen LogP contribution in [-0.4, -0.2) is 38.0 Å². The molecule has 25 heavy (non-hydrogen) atoms. The topological polar surface area (TPSA) is 74.8 Å². The van der Waals surface area contributed by atoms with Crippen molar-refractivity contribution in [2.24, 2.45) is 11.8 Å². The molecule has 5 rings (SSSR count). The number of benzene rings is 1. The third-order valence-electron chi connectivity index (χ3n) is 4.99. The van der Waals surface area contributed by atoms with E-state index < -0.39 is 0 Å². The smallest absolute Gasteiger partial charge is 0.298 e. The molecular weight excluding hydrogens is 349 g/mol. The minimum Gasteiger partial charge on any atom is -0.381 e. The zero-order valence-corrected chi connectivity index (χ0v) is 13.7. The van der Waals surface area contributed by atoms with Gasteiger partial charge in [-0.2, -0.15) is 5.10 Å². The van der Waals surface area contributed by atoms with E-state index in [9.17, 15) is 9.18 Å². The lowest BCUT2D eigenvalue weighted by atomic mass is 10.2. The lowest BCUT2D eigenvalue weighted by molar-refractivity contribution is 0.149. The first-order valence-corrected chi connectivity index (χ1v) is 8.35. The summed E-state index contributed by atoms with van der Waals surface area (Å²) >= 11 is 6.28. The van der Waals surface area contributed by atoms with Crippen molar-refractivity contribution in [3.8, 4) is 0 Å². The van der Waals surface area contributed by atoms with E-state index in [0.29, 0.717) is 30.6 Å². The lowest BCUT2D eigenvalue weighted by Gasteiger charge is -2.05. The Morgan fingerprint density at radius 3 is 2.76 bits per heavy atom. The van der Waals surface area contributed by atoms with Gasteiger partial charge in [-0.15, -0.1) is 5.10 Å². The molecule has 1 unspecified atom stereocenters. The van der Waals surface area contributed by atoms with E-state index >= 15 is 0 Å². The molecule has 0 bridgehead atoms. The first-order chi connectivity index (χ1) is 12.1. The van der Waals surface area contributed by atoms with Crippen LogP contribution >= 0.6 is 11.6 Å². The van der Waals surface area contributed by atoms with Gasteiger partial charge < -0.3 is 4.74 Å². The zero-order chi connectivity index (χ0) is 17.1. The van der Waals surface area contributed by atoms with Crippen LogP contribution in [-0.2, 0) is 11.3 Å². The average Bonchev–Trinajstić information content (AvgIpc) is 2.93. The largest absolute Gasteiger partial charge is 0.381 e. The van der Waals surface area contributed by atoms with Crippen LogP contribution < -0.4 is 5.56 Å². The molecule has 1 saturated heterocycles. The highest BCUT2D eigenvalue weighted by atomic mass is 35.5. The van der Waals surface area contributed by atoms with E-state index in [-0.39, 0.29) is 40.1 Å². The van der Waals surface area contributed by atoms with Gasteiger partial charge in [0.15, 0.2) is 16.2 Å². The Bertz CT molecular complexity index is 1040. The Morgan fingerprint density at radius 2 is 2.00 bits per heavy atom. The second kappa shape index (κ2) is 5.34. The van der Waals surface area contributed by atoms with E-state index in [2.05, 4.69) is 15.4 Å². The molecule has 3 heterocycles. The number of fused-ring (bicyclic) bond motifs is 2. The number of rotatable bonds is 3. The fourth-order valence-electron chi connectivity index (χ4n) is 3.57. The fraction of sp³-hybridized carbons (Fsp3) is 0.375. The highest BCUT2D eigenvalue weighted by Crippen LogP contribution is 2.53. The van der Waals surface area contributed by atoms with Crippen LogP contribution in [0.15, 0.2) is 29.1 Å². The Labute approximate surface area is 146 Å². The maximum atomic E-state index is 13.9. The van der Waals surface area contributed by atoms with Crippen molar-refractivity contribution < 1.29 is 9.13 Å². The SMILES string of the molecule is O=c1c2nn(Cc3ccccc3F)c(Cl)c2nnn1C1[C@H]2COC[C@@H]12. The Morgan fingerprint density at radius 1 is 1.24 bits per heavy atom. The molecule has 1 aromatic carbocycles. The van der Waals surface area contributed by atoms with Crippen LogP contribution in [0.1, 0.15) is 11.6 Å². The third-order valence-corrected chi connectivity index (χ3v) is 5.36. The highest BCUT2D eigenvalue weighted by Gasteiger charge is 2.56. The number of hydrogen-bond acceptors (Lipinski definition) is 5. The molecule has 1 aliphatic heterocycles. The van der Waals surface area contributed by atoms with Crippen LogP contribution in [0.5, 0.6) is 0 Å². The quantitative estimate of drug-likeness (QED) is 0.709. The van der Waals surface area contributed by atoms with Crippen LogP contribution in [0.2, 0.25) is 5.15 Å². The first-order valence-electron chi connectivity index (χ1n) is 7.98. The summed E-state index contributed by atoms with van der Waals surface area (Å²) in [5.74, 6) is 0.285. The van der Waals surface area contributed by atoms with E-state index in [4.69, 9.17) is 16.3 Å². The van der Waals surface area contributed by atoms with Gasteiger partial charge in [0.25, 0.3) is 5.56 Å². The van der Waals surface area contributed by atoms with Gasteiger partial charge >= 0.3 is 0 Å². The summed E-state index contributed by atoms with van der Waals surface area (Å²) in [6, 6.07) is 6.38. The lowest BCUT2D eigenvalue weighted by Crippen LogP contribution is -2.26. The molecule has 7 nitrogen and oxygen atoms in total. The number of aromatic nitrogens is 5. The second-order valence-corrected chi connectivity index (χ2v) is 6.79. The van der Waals surface area contributed by atoms with Gasteiger partial charge in [0.05, 0.1) is 25.8 Å². The molecule has 9 heteroatoms. The van der Waals surface area contributed by atoms with Crippen molar-refractivity contribution in [3.05, 3.63) is 51.2 Å². The van der Waals surface area contributed by atoms with Gasteiger partial charge in [-0.05, 0) is 6.07 Å².